The molecule has 2 nitrogen and oxygen atoms in total. The Morgan fingerprint density at radius 2 is 2.05 bits per heavy atom. The van der Waals surface area contributed by atoms with Crippen molar-refractivity contribution in [2.24, 2.45) is 0 Å². The first-order valence-electron chi connectivity index (χ1n) is 5.97. The predicted molar refractivity (Wildman–Crippen MR) is 82.1 cm³/mol. The summed E-state index contributed by atoms with van der Waals surface area (Å²) in [7, 11) is 0. The maximum Gasteiger partial charge on any atom is 0.180 e. The lowest BCUT2D eigenvalue weighted by Crippen LogP contribution is -2.14. The van der Waals surface area contributed by atoms with Crippen LogP contribution >= 0.6 is 27.3 Å². The summed E-state index contributed by atoms with van der Waals surface area (Å²) in [5.41, 5.74) is 7.68. The lowest BCUT2D eigenvalue weighted by atomic mass is 9.90. The number of nitrogens with two attached hydrogens (primary N) is 1. The van der Waals surface area contributed by atoms with Gasteiger partial charge in [-0.3, -0.25) is 0 Å². The molecule has 0 saturated carbocycles. The summed E-state index contributed by atoms with van der Waals surface area (Å²) in [6, 6.07) is 5.19. The van der Waals surface area contributed by atoms with Gasteiger partial charge in [0, 0.05) is 16.7 Å². The van der Waals surface area contributed by atoms with E-state index in [-0.39, 0.29) is 11.2 Å². The molecule has 19 heavy (non-hydrogen) atoms. The summed E-state index contributed by atoms with van der Waals surface area (Å²) in [5, 5.41) is 0.567. The topological polar surface area (TPSA) is 38.9 Å². The molecule has 1 aromatic carbocycles. The summed E-state index contributed by atoms with van der Waals surface area (Å²) in [5.74, 6) is -0.243. The SMILES string of the molecule is CC(C)(C)c1nc(N)sc1Cc1ccc(Br)c(F)c1. The molecule has 0 atom stereocenters. The molecule has 5 heteroatoms. The summed E-state index contributed by atoms with van der Waals surface area (Å²) in [6.45, 7) is 6.31. The van der Waals surface area contributed by atoms with Gasteiger partial charge < -0.3 is 5.73 Å². The number of nitrogens with zero attached hydrogens (tertiary/aromatic N) is 1. The second kappa shape index (κ2) is 5.21. The maximum atomic E-state index is 13.5. The summed E-state index contributed by atoms with van der Waals surface area (Å²) >= 11 is 4.64. The molecule has 2 rings (SSSR count). The highest BCUT2D eigenvalue weighted by molar-refractivity contribution is 9.10. The number of thiazole rings is 1. The molecule has 2 N–H and O–H groups in total. The molecule has 0 fully saturated rings. The molecule has 0 saturated heterocycles. The van der Waals surface area contributed by atoms with Crippen molar-refractivity contribution in [2.75, 3.05) is 5.73 Å². The number of rotatable bonds is 2. The van der Waals surface area contributed by atoms with Crippen LogP contribution in [-0.2, 0) is 11.8 Å². The third-order valence-corrected chi connectivity index (χ3v) is 4.30. The first-order valence-corrected chi connectivity index (χ1v) is 7.58. The van der Waals surface area contributed by atoms with Crippen molar-refractivity contribution in [1.29, 1.82) is 0 Å². The highest BCUT2D eigenvalue weighted by Crippen LogP contribution is 2.32. The average Bonchev–Trinajstić information content (AvgIpc) is 2.65. The minimum Gasteiger partial charge on any atom is -0.375 e. The largest absolute Gasteiger partial charge is 0.375 e. The second-order valence-corrected chi connectivity index (χ2v) is 7.47. The van der Waals surface area contributed by atoms with E-state index in [1.54, 1.807) is 12.1 Å². The van der Waals surface area contributed by atoms with Crippen molar-refractivity contribution in [3.05, 3.63) is 44.6 Å². The highest BCUT2D eigenvalue weighted by Gasteiger charge is 2.22. The number of hydrogen-bond acceptors (Lipinski definition) is 3. The summed E-state index contributed by atoms with van der Waals surface area (Å²) in [4.78, 5) is 5.51. The van der Waals surface area contributed by atoms with Crippen LogP contribution in [0.25, 0.3) is 0 Å². The van der Waals surface area contributed by atoms with Crippen LogP contribution in [-0.4, -0.2) is 4.98 Å². The summed E-state index contributed by atoms with van der Waals surface area (Å²) < 4.78 is 14.0. The van der Waals surface area contributed by atoms with Gasteiger partial charge in [0.1, 0.15) is 5.82 Å². The quantitative estimate of drug-likeness (QED) is 0.871. The van der Waals surface area contributed by atoms with Crippen molar-refractivity contribution < 1.29 is 4.39 Å². The number of halogens is 2. The minimum absolute atomic E-state index is 0.0582. The first-order chi connectivity index (χ1) is 8.77. The fourth-order valence-corrected chi connectivity index (χ4v) is 3.23. The van der Waals surface area contributed by atoms with Crippen molar-refractivity contribution in [3.63, 3.8) is 0 Å². The van der Waals surface area contributed by atoms with Gasteiger partial charge in [-0.1, -0.05) is 26.8 Å². The molecular weight excluding hydrogens is 327 g/mol. The Hall–Kier alpha value is -0.940. The molecule has 0 aliphatic heterocycles. The molecule has 0 aliphatic carbocycles. The van der Waals surface area contributed by atoms with Gasteiger partial charge in [0.2, 0.25) is 0 Å². The van der Waals surface area contributed by atoms with Crippen molar-refractivity contribution >= 4 is 32.4 Å². The van der Waals surface area contributed by atoms with Gasteiger partial charge in [-0.05, 0) is 33.6 Å². The van der Waals surface area contributed by atoms with E-state index in [4.69, 9.17) is 5.73 Å². The predicted octanol–water partition coefficient (Wildman–Crippen LogP) is 4.52. The molecule has 2 aromatic rings. The number of anilines is 1. The second-order valence-electron chi connectivity index (χ2n) is 5.50. The van der Waals surface area contributed by atoms with Crippen molar-refractivity contribution in [2.45, 2.75) is 32.6 Å². The van der Waals surface area contributed by atoms with Crippen LogP contribution in [0.5, 0.6) is 0 Å². The molecule has 0 amide bonds. The molecule has 0 radical (unpaired) electrons. The Morgan fingerprint density at radius 3 is 2.63 bits per heavy atom. The normalized spacial score (nSPS) is 11.8. The number of nitrogen functional groups attached to an aromatic ring is 1. The van der Waals surface area contributed by atoms with E-state index in [9.17, 15) is 4.39 Å². The van der Waals surface area contributed by atoms with Gasteiger partial charge in [-0.25, -0.2) is 9.37 Å². The van der Waals surface area contributed by atoms with E-state index < -0.39 is 0 Å². The van der Waals surface area contributed by atoms with E-state index in [1.165, 1.54) is 11.3 Å². The number of benzene rings is 1. The Labute approximate surface area is 125 Å². The van der Waals surface area contributed by atoms with Gasteiger partial charge in [0.15, 0.2) is 5.13 Å². The highest BCUT2D eigenvalue weighted by atomic mass is 79.9. The Kier molecular flexibility index (Phi) is 3.97. The van der Waals surface area contributed by atoms with Crippen LogP contribution in [0.3, 0.4) is 0 Å². The third kappa shape index (κ3) is 3.34. The van der Waals surface area contributed by atoms with Crippen LogP contribution < -0.4 is 5.73 Å². The standard InChI is InChI=1S/C14H16BrFN2S/c1-14(2,3)12-11(19-13(17)18-12)7-8-4-5-9(15)10(16)6-8/h4-6H,7H2,1-3H3,(H2,17,18). The molecule has 0 unspecified atom stereocenters. The maximum absolute atomic E-state index is 13.5. The van der Waals surface area contributed by atoms with Gasteiger partial charge in [0.05, 0.1) is 10.2 Å². The Bertz CT molecular complexity index is 602. The lowest BCUT2D eigenvalue weighted by Gasteiger charge is -2.17. The van der Waals surface area contributed by atoms with E-state index in [0.29, 0.717) is 16.0 Å². The minimum atomic E-state index is -0.243. The fraction of sp³-hybridized carbons (Fsp3) is 0.357. The van der Waals surface area contributed by atoms with Crippen LogP contribution in [0.4, 0.5) is 9.52 Å². The number of hydrogen-bond donors (Lipinski definition) is 1. The van der Waals surface area contributed by atoms with Gasteiger partial charge in [0.25, 0.3) is 0 Å². The van der Waals surface area contributed by atoms with E-state index in [1.807, 2.05) is 6.07 Å². The molecule has 1 heterocycles. The monoisotopic (exact) mass is 342 g/mol. The number of aromatic nitrogens is 1. The zero-order valence-corrected chi connectivity index (χ0v) is 13.5. The zero-order valence-electron chi connectivity index (χ0n) is 11.1. The van der Waals surface area contributed by atoms with E-state index in [2.05, 4.69) is 41.7 Å². The average molecular weight is 343 g/mol. The molecular formula is C14H16BrFN2S. The molecule has 1 aromatic heterocycles. The van der Waals surface area contributed by atoms with Crippen molar-refractivity contribution in [3.8, 4) is 0 Å². The van der Waals surface area contributed by atoms with Crippen molar-refractivity contribution in [1.82, 2.24) is 4.98 Å². The Morgan fingerprint density at radius 1 is 1.37 bits per heavy atom. The Balaban J connectivity index is 2.35. The third-order valence-electron chi connectivity index (χ3n) is 2.77. The molecule has 0 bridgehead atoms. The molecule has 0 spiro atoms. The van der Waals surface area contributed by atoms with Crippen LogP contribution in [0.15, 0.2) is 22.7 Å². The molecule has 102 valence electrons. The lowest BCUT2D eigenvalue weighted by molar-refractivity contribution is 0.568. The van der Waals surface area contributed by atoms with Gasteiger partial charge in [-0.15, -0.1) is 11.3 Å². The van der Waals surface area contributed by atoms with E-state index >= 15 is 0 Å². The first kappa shape index (κ1) is 14.5. The molecule has 0 aliphatic rings. The van der Waals surface area contributed by atoms with Gasteiger partial charge in [-0.2, -0.15) is 0 Å². The van der Waals surface area contributed by atoms with Crippen LogP contribution in [0.1, 0.15) is 36.9 Å². The zero-order chi connectivity index (χ0) is 14.2. The van der Waals surface area contributed by atoms with Gasteiger partial charge >= 0.3 is 0 Å². The van der Waals surface area contributed by atoms with Crippen LogP contribution in [0.2, 0.25) is 0 Å². The summed E-state index contributed by atoms with van der Waals surface area (Å²) in [6.07, 6.45) is 0.658. The van der Waals surface area contributed by atoms with E-state index in [0.717, 1.165) is 16.1 Å². The fourth-order valence-electron chi connectivity index (χ4n) is 1.91. The smallest absolute Gasteiger partial charge is 0.180 e. The van der Waals surface area contributed by atoms with Crippen LogP contribution in [0, 0.1) is 5.82 Å².